The van der Waals surface area contributed by atoms with Crippen molar-refractivity contribution in [3.05, 3.63) is 57.4 Å². The van der Waals surface area contributed by atoms with Gasteiger partial charge in [0.25, 0.3) is 5.91 Å². The lowest BCUT2D eigenvalue weighted by Gasteiger charge is -2.12. The van der Waals surface area contributed by atoms with Crippen molar-refractivity contribution >= 4 is 23.1 Å². The zero-order valence-corrected chi connectivity index (χ0v) is 15.7. The molecule has 0 radical (unpaired) electrons. The largest absolute Gasteiger partial charge is 0.369 e. The van der Waals surface area contributed by atoms with Crippen molar-refractivity contribution in [2.24, 2.45) is 0 Å². The molecule has 26 heavy (non-hydrogen) atoms. The van der Waals surface area contributed by atoms with E-state index in [-0.39, 0.29) is 11.7 Å². The van der Waals surface area contributed by atoms with Gasteiger partial charge >= 0.3 is 0 Å². The number of carbonyl (C=O) groups excluding carboxylic acids is 1. The molecule has 0 saturated heterocycles. The molecular weight excluding hydrogens is 348 g/mol. The number of carbonyl (C=O) groups is 1. The van der Waals surface area contributed by atoms with Crippen LogP contribution in [0.1, 0.15) is 33.0 Å². The SMILES string of the molecule is Cc1nc(C(=O)NCCc2ccsc2)nc(NCCc2cn[nH]c2)c1C. The molecule has 3 N–H and O–H groups in total. The van der Waals surface area contributed by atoms with Gasteiger partial charge in [-0.2, -0.15) is 16.4 Å². The van der Waals surface area contributed by atoms with Crippen LogP contribution in [-0.2, 0) is 12.8 Å². The van der Waals surface area contributed by atoms with Crippen molar-refractivity contribution in [1.29, 1.82) is 0 Å². The Kier molecular flexibility index (Phi) is 5.96. The molecule has 0 saturated carbocycles. The molecule has 1 amide bonds. The van der Waals surface area contributed by atoms with E-state index in [1.165, 1.54) is 5.56 Å². The molecular formula is C18H22N6OS. The van der Waals surface area contributed by atoms with Crippen molar-refractivity contribution in [1.82, 2.24) is 25.5 Å². The van der Waals surface area contributed by atoms with Gasteiger partial charge in [0.05, 0.1) is 6.20 Å². The lowest BCUT2D eigenvalue weighted by atomic mass is 10.2. The summed E-state index contributed by atoms with van der Waals surface area (Å²) in [5.41, 5.74) is 4.09. The molecule has 0 aliphatic heterocycles. The summed E-state index contributed by atoms with van der Waals surface area (Å²) in [5, 5.41) is 17.0. The Morgan fingerprint density at radius 2 is 2.04 bits per heavy atom. The fourth-order valence-electron chi connectivity index (χ4n) is 2.48. The van der Waals surface area contributed by atoms with Gasteiger partial charge in [-0.1, -0.05) is 0 Å². The fourth-order valence-corrected chi connectivity index (χ4v) is 3.18. The average Bonchev–Trinajstić information content (AvgIpc) is 3.32. The van der Waals surface area contributed by atoms with E-state index in [1.54, 1.807) is 17.5 Å². The maximum atomic E-state index is 12.4. The second-order valence-corrected chi connectivity index (χ2v) is 6.81. The van der Waals surface area contributed by atoms with Gasteiger partial charge < -0.3 is 10.6 Å². The van der Waals surface area contributed by atoms with Crippen LogP contribution in [0.2, 0.25) is 0 Å². The van der Waals surface area contributed by atoms with Crippen molar-refractivity contribution in [3.63, 3.8) is 0 Å². The molecule has 0 bridgehead atoms. The van der Waals surface area contributed by atoms with Crippen LogP contribution in [0, 0.1) is 13.8 Å². The smallest absolute Gasteiger partial charge is 0.289 e. The van der Waals surface area contributed by atoms with Crippen molar-refractivity contribution < 1.29 is 4.79 Å². The highest BCUT2D eigenvalue weighted by Gasteiger charge is 2.14. The first-order valence-corrected chi connectivity index (χ1v) is 9.44. The van der Waals surface area contributed by atoms with E-state index >= 15 is 0 Å². The summed E-state index contributed by atoms with van der Waals surface area (Å²) >= 11 is 1.66. The maximum absolute atomic E-state index is 12.4. The van der Waals surface area contributed by atoms with Gasteiger partial charge in [0.2, 0.25) is 5.82 Å². The molecule has 3 aromatic rings. The van der Waals surface area contributed by atoms with Crippen LogP contribution in [0.5, 0.6) is 0 Å². The molecule has 3 rings (SSSR count). The Bertz CT molecular complexity index is 845. The average molecular weight is 370 g/mol. The molecule has 0 aliphatic carbocycles. The number of hydrogen-bond donors (Lipinski definition) is 3. The van der Waals surface area contributed by atoms with Gasteiger partial charge in [0, 0.05) is 30.5 Å². The number of aromatic amines is 1. The summed E-state index contributed by atoms with van der Waals surface area (Å²) in [4.78, 5) is 21.1. The van der Waals surface area contributed by atoms with Gasteiger partial charge in [0.15, 0.2) is 0 Å². The third kappa shape index (κ3) is 4.66. The molecule has 0 spiro atoms. The van der Waals surface area contributed by atoms with Gasteiger partial charge in [-0.15, -0.1) is 0 Å². The monoisotopic (exact) mass is 370 g/mol. The van der Waals surface area contributed by atoms with E-state index in [0.717, 1.165) is 29.7 Å². The van der Waals surface area contributed by atoms with Crippen LogP contribution in [0.3, 0.4) is 0 Å². The lowest BCUT2D eigenvalue weighted by molar-refractivity contribution is 0.0943. The van der Waals surface area contributed by atoms with E-state index in [0.29, 0.717) is 18.9 Å². The Labute approximate surface area is 156 Å². The van der Waals surface area contributed by atoms with Crippen LogP contribution in [0.25, 0.3) is 0 Å². The second kappa shape index (κ2) is 8.57. The minimum Gasteiger partial charge on any atom is -0.369 e. The van der Waals surface area contributed by atoms with Gasteiger partial charge in [-0.3, -0.25) is 9.89 Å². The molecule has 0 aliphatic rings. The number of aryl methyl sites for hydroxylation is 1. The first-order chi connectivity index (χ1) is 12.6. The van der Waals surface area contributed by atoms with E-state index in [2.05, 4.69) is 42.2 Å². The van der Waals surface area contributed by atoms with Crippen molar-refractivity contribution in [2.75, 3.05) is 18.4 Å². The first kappa shape index (κ1) is 18.1. The van der Waals surface area contributed by atoms with E-state index < -0.39 is 0 Å². The lowest BCUT2D eigenvalue weighted by Crippen LogP contribution is -2.28. The Hall–Kier alpha value is -2.74. The van der Waals surface area contributed by atoms with Crippen LogP contribution in [-0.4, -0.2) is 39.2 Å². The predicted molar refractivity (Wildman–Crippen MR) is 103 cm³/mol. The van der Waals surface area contributed by atoms with Crippen LogP contribution in [0.15, 0.2) is 29.2 Å². The molecule has 3 aromatic heterocycles. The summed E-state index contributed by atoms with van der Waals surface area (Å²) < 4.78 is 0. The highest BCUT2D eigenvalue weighted by molar-refractivity contribution is 7.07. The van der Waals surface area contributed by atoms with Crippen LogP contribution in [0.4, 0.5) is 5.82 Å². The number of rotatable bonds is 8. The van der Waals surface area contributed by atoms with E-state index in [4.69, 9.17) is 0 Å². The number of nitrogens with one attached hydrogen (secondary N) is 3. The molecule has 136 valence electrons. The molecule has 0 atom stereocenters. The zero-order valence-electron chi connectivity index (χ0n) is 14.9. The van der Waals surface area contributed by atoms with E-state index in [9.17, 15) is 4.79 Å². The first-order valence-electron chi connectivity index (χ1n) is 8.49. The molecule has 8 heteroatoms. The minimum atomic E-state index is -0.249. The number of nitrogens with zero attached hydrogens (tertiary/aromatic N) is 3. The normalized spacial score (nSPS) is 10.7. The molecule has 0 aromatic carbocycles. The van der Waals surface area contributed by atoms with Crippen LogP contribution >= 0.6 is 11.3 Å². The molecule has 7 nitrogen and oxygen atoms in total. The zero-order chi connectivity index (χ0) is 18.4. The summed E-state index contributed by atoms with van der Waals surface area (Å²) in [5.74, 6) is 0.648. The quantitative estimate of drug-likeness (QED) is 0.566. The van der Waals surface area contributed by atoms with Crippen LogP contribution < -0.4 is 10.6 Å². The Morgan fingerprint density at radius 1 is 1.19 bits per heavy atom. The third-order valence-corrected chi connectivity index (χ3v) is 4.86. The second-order valence-electron chi connectivity index (χ2n) is 6.03. The summed E-state index contributed by atoms with van der Waals surface area (Å²) in [6.45, 7) is 5.11. The number of thiophene rings is 1. The third-order valence-electron chi connectivity index (χ3n) is 4.13. The number of amides is 1. The van der Waals surface area contributed by atoms with Gasteiger partial charge in [-0.25, -0.2) is 9.97 Å². The molecule has 0 unspecified atom stereocenters. The summed E-state index contributed by atoms with van der Waals surface area (Å²) in [7, 11) is 0. The predicted octanol–water partition coefficient (Wildman–Crippen LogP) is 2.51. The van der Waals surface area contributed by atoms with E-state index in [1.807, 2.05) is 25.4 Å². The van der Waals surface area contributed by atoms with Crippen molar-refractivity contribution in [3.8, 4) is 0 Å². The number of anilines is 1. The molecule has 3 heterocycles. The van der Waals surface area contributed by atoms with Gasteiger partial charge in [0.1, 0.15) is 5.82 Å². The highest BCUT2D eigenvalue weighted by Crippen LogP contribution is 2.15. The molecule has 0 fully saturated rings. The maximum Gasteiger partial charge on any atom is 0.289 e. The highest BCUT2D eigenvalue weighted by atomic mass is 32.1. The fraction of sp³-hybridized carbons (Fsp3) is 0.333. The number of aromatic nitrogens is 4. The Balaban J connectivity index is 1.59. The summed E-state index contributed by atoms with van der Waals surface area (Å²) in [6, 6.07) is 2.06. The van der Waals surface area contributed by atoms with Gasteiger partial charge in [-0.05, 0) is 54.6 Å². The van der Waals surface area contributed by atoms with Crippen molar-refractivity contribution in [2.45, 2.75) is 26.7 Å². The number of hydrogen-bond acceptors (Lipinski definition) is 6. The topological polar surface area (TPSA) is 95.6 Å². The number of H-pyrrole nitrogens is 1. The Morgan fingerprint density at radius 3 is 2.77 bits per heavy atom. The summed E-state index contributed by atoms with van der Waals surface area (Å²) in [6.07, 6.45) is 5.29. The minimum absolute atomic E-state index is 0.198. The standard InChI is InChI=1S/C18H22N6OS/c1-12-13(2)23-17(18(25)20-7-3-14-5-8-26-11-14)24-16(12)19-6-4-15-9-21-22-10-15/h5,8-11H,3-4,6-7H2,1-2H3,(H,20,25)(H,21,22)(H,19,23,24).